The first kappa shape index (κ1) is 27.6. The van der Waals surface area contributed by atoms with Gasteiger partial charge in [0.25, 0.3) is 5.88 Å². The fourth-order valence-corrected chi connectivity index (χ4v) is 5.64. The molecule has 2 fully saturated rings. The van der Waals surface area contributed by atoms with Crippen molar-refractivity contribution in [3.63, 3.8) is 0 Å². The van der Waals surface area contributed by atoms with Crippen molar-refractivity contribution in [2.45, 2.75) is 70.9 Å². The van der Waals surface area contributed by atoms with Gasteiger partial charge in [0, 0.05) is 30.1 Å². The van der Waals surface area contributed by atoms with E-state index in [1.54, 1.807) is 6.20 Å². The summed E-state index contributed by atoms with van der Waals surface area (Å²) in [5.41, 5.74) is 1.98. The van der Waals surface area contributed by atoms with Crippen LogP contribution in [0.3, 0.4) is 0 Å². The molecular formula is C27H39N7O4Si. The highest BCUT2D eigenvalue weighted by Crippen LogP contribution is 2.37. The minimum absolute atomic E-state index is 0.0359. The molecule has 0 saturated carbocycles. The Morgan fingerprint density at radius 3 is 2.69 bits per heavy atom. The quantitative estimate of drug-likeness (QED) is 0.378. The highest BCUT2D eigenvalue weighted by molar-refractivity contribution is 6.74. The molecule has 0 aromatic carbocycles. The average molecular weight is 554 g/mol. The predicted octanol–water partition coefficient (Wildman–Crippen LogP) is 4.64. The molecule has 2 aliphatic heterocycles. The van der Waals surface area contributed by atoms with Crippen LogP contribution in [0.5, 0.6) is 5.88 Å². The fourth-order valence-electron chi connectivity index (χ4n) is 4.60. The molecule has 2 saturated heterocycles. The summed E-state index contributed by atoms with van der Waals surface area (Å²) >= 11 is 0. The molecule has 2 atom stereocenters. The predicted molar refractivity (Wildman–Crippen MR) is 150 cm³/mol. The van der Waals surface area contributed by atoms with Crippen molar-refractivity contribution in [2.75, 3.05) is 38.4 Å². The Hall–Kier alpha value is -2.98. The molecule has 3 aromatic rings. The molecule has 0 unspecified atom stereocenters. The zero-order valence-corrected chi connectivity index (χ0v) is 24.7. The third-order valence-electron chi connectivity index (χ3n) is 8.07. The van der Waals surface area contributed by atoms with Gasteiger partial charge in [0.15, 0.2) is 8.32 Å². The number of fused-ring (bicyclic) bond motifs is 1. The normalized spacial score (nSPS) is 20.5. The lowest BCUT2D eigenvalue weighted by atomic mass is 9.97. The third-order valence-corrected chi connectivity index (χ3v) is 12.6. The second kappa shape index (κ2) is 10.9. The van der Waals surface area contributed by atoms with Crippen LogP contribution in [0.25, 0.3) is 11.0 Å². The minimum atomic E-state index is -1.86. The zero-order chi connectivity index (χ0) is 27.8. The summed E-state index contributed by atoms with van der Waals surface area (Å²) in [5, 5.41) is 18.8. The summed E-state index contributed by atoms with van der Waals surface area (Å²) in [6, 6.07) is 4.33. The molecule has 2 aliphatic rings. The van der Waals surface area contributed by atoms with Crippen molar-refractivity contribution in [2.24, 2.45) is 5.92 Å². The van der Waals surface area contributed by atoms with Crippen LogP contribution in [-0.2, 0) is 20.4 Å². The highest BCUT2D eigenvalue weighted by atomic mass is 28.4. The van der Waals surface area contributed by atoms with Crippen molar-refractivity contribution in [3.8, 4) is 11.9 Å². The Balaban J connectivity index is 1.39. The number of nitriles is 1. The maximum Gasteiger partial charge on any atom is 0.257 e. The lowest BCUT2D eigenvalue weighted by Gasteiger charge is -2.36. The van der Waals surface area contributed by atoms with Crippen LogP contribution in [0, 0.1) is 17.2 Å². The molecule has 0 radical (unpaired) electrons. The van der Waals surface area contributed by atoms with Crippen LogP contribution in [0.1, 0.15) is 45.9 Å². The summed E-state index contributed by atoms with van der Waals surface area (Å²) < 4.78 is 27.3. The lowest BCUT2D eigenvalue weighted by molar-refractivity contribution is -0.0812. The molecule has 0 spiro atoms. The van der Waals surface area contributed by atoms with E-state index in [4.69, 9.17) is 23.6 Å². The molecule has 0 aliphatic carbocycles. The van der Waals surface area contributed by atoms with Crippen molar-refractivity contribution in [1.82, 2.24) is 24.3 Å². The zero-order valence-electron chi connectivity index (χ0n) is 23.7. The van der Waals surface area contributed by atoms with Crippen LogP contribution in [0.4, 0.5) is 11.6 Å². The summed E-state index contributed by atoms with van der Waals surface area (Å²) in [7, 11) is -1.86. The van der Waals surface area contributed by atoms with Gasteiger partial charge in [-0.3, -0.25) is 4.68 Å². The van der Waals surface area contributed by atoms with Crippen molar-refractivity contribution < 1.29 is 18.6 Å². The maximum atomic E-state index is 9.85. The van der Waals surface area contributed by atoms with E-state index < -0.39 is 8.32 Å². The topological polar surface area (TPSA) is 121 Å². The average Bonchev–Trinajstić information content (AvgIpc) is 3.41. The van der Waals surface area contributed by atoms with Gasteiger partial charge in [-0.05, 0) is 30.6 Å². The van der Waals surface area contributed by atoms with Crippen LogP contribution >= 0.6 is 0 Å². The van der Waals surface area contributed by atoms with Crippen molar-refractivity contribution in [1.29, 1.82) is 5.26 Å². The maximum absolute atomic E-state index is 9.85. The van der Waals surface area contributed by atoms with Crippen molar-refractivity contribution >= 4 is 31.0 Å². The molecule has 5 rings (SSSR count). The van der Waals surface area contributed by atoms with Gasteiger partial charge in [0.05, 0.1) is 39.2 Å². The lowest BCUT2D eigenvalue weighted by Crippen LogP contribution is -2.41. The first-order chi connectivity index (χ1) is 18.6. The molecular weight excluding hydrogens is 514 g/mol. The molecule has 12 heteroatoms. The molecule has 3 aromatic heterocycles. The number of hydrogen-bond acceptors (Lipinski definition) is 9. The largest absolute Gasteiger partial charge is 0.467 e. The van der Waals surface area contributed by atoms with Crippen LogP contribution in [0.15, 0.2) is 18.5 Å². The summed E-state index contributed by atoms with van der Waals surface area (Å²) in [4.78, 5) is 9.38. The smallest absolute Gasteiger partial charge is 0.257 e. The standard InChI is InChI=1S/C27H39N7O4Si/c1-18-15-35-9-7-23(18)34-20(12-28)11-19-13-29-26(31-24(19)34)30-22-14-33(32-25(22)38-21-16-36-17-21)8-10-37-39(5,6)27(2,3)4/h11,13-14,18,21,23H,7-10,15-17H2,1-6H3,(H,29,30,31)/t18-,23-/m0/s1. The van der Waals surface area contributed by atoms with E-state index in [1.807, 2.05) is 21.5 Å². The van der Waals surface area contributed by atoms with Gasteiger partial charge < -0.3 is 28.5 Å². The number of ether oxygens (including phenoxy) is 3. The summed E-state index contributed by atoms with van der Waals surface area (Å²) in [5.74, 6) is 1.16. The summed E-state index contributed by atoms with van der Waals surface area (Å²) in [6.07, 6.45) is 4.45. The molecule has 1 N–H and O–H groups in total. The van der Waals surface area contributed by atoms with Crippen LogP contribution < -0.4 is 10.1 Å². The number of rotatable bonds is 9. The monoisotopic (exact) mass is 553 g/mol. The van der Waals surface area contributed by atoms with Gasteiger partial charge >= 0.3 is 0 Å². The summed E-state index contributed by atoms with van der Waals surface area (Å²) in [6.45, 7) is 16.9. The van der Waals surface area contributed by atoms with E-state index in [1.165, 1.54) is 0 Å². The van der Waals surface area contributed by atoms with Gasteiger partial charge in [0.2, 0.25) is 5.95 Å². The first-order valence-electron chi connectivity index (χ1n) is 13.6. The van der Waals surface area contributed by atoms with E-state index >= 15 is 0 Å². The number of nitrogens with zero attached hydrogens (tertiary/aromatic N) is 6. The third kappa shape index (κ3) is 5.82. The van der Waals surface area contributed by atoms with E-state index in [0.29, 0.717) is 62.8 Å². The van der Waals surface area contributed by atoms with Crippen LogP contribution in [-0.4, -0.2) is 71.8 Å². The Labute approximate surface area is 230 Å². The molecule has 39 heavy (non-hydrogen) atoms. The minimum Gasteiger partial charge on any atom is -0.467 e. The number of hydrogen-bond donors (Lipinski definition) is 1. The van der Waals surface area contributed by atoms with E-state index in [-0.39, 0.29) is 23.1 Å². The molecule has 5 heterocycles. The Morgan fingerprint density at radius 2 is 2.03 bits per heavy atom. The Bertz CT molecular complexity index is 1350. The number of nitrogens with one attached hydrogen (secondary N) is 1. The van der Waals surface area contributed by atoms with E-state index in [2.05, 4.69) is 62.3 Å². The SMILES string of the molecule is C[C@H]1COCC[C@@H]1n1c(C#N)cc2cnc(Nc3cn(CCO[Si](C)(C)C(C)(C)C)nc3OC3COC3)nc21. The second-order valence-corrected chi connectivity index (χ2v) is 16.8. The second-order valence-electron chi connectivity index (χ2n) is 12.0. The first-order valence-corrected chi connectivity index (χ1v) is 16.6. The Kier molecular flexibility index (Phi) is 7.70. The fraction of sp³-hybridized carbons (Fsp3) is 0.630. The van der Waals surface area contributed by atoms with Gasteiger partial charge in [-0.25, -0.2) is 4.98 Å². The Morgan fingerprint density at radius 1 is 1.23 bits per heavy atom. The van der Waals surface area contributed by atoms with E-state index in [9.17, 15) is 5.26 Å². The molecule has 11 nitrogen and oxygen atoms in total. The molecule has 0 bridgehead atoms. The van der Waals surface area contributed by atoms with Crippen LogP contribution in [0.2, 0.25) is 18.1 Å². The van der Waals surface area contributed by atoms with Gasteiger partial charge in [-0.1, -0.05) is 27.7 Å². The van der Waals surface area contributed by atoms with Gasteiger partial charge in [0.1, 0.15) is 29.2 Å². The number of aromatic nitrogens is 5. The molecule has 0 amide bonds. The van der Waals surface area contributed by atoms with E-state index in [0.717, 1.165) is 17.5 Å². The number of anilines is 2. The molecule has 210 valence electrons. The van der Waals surface area contributed by atoms with Crippen molar-refractivity contribution in [3.05, 3.63) is 24.2 Å². The van der Waals surface area contributed by atoms with Gasteiger partial charge in [-0.15, -0.1) is 5.10 Å². The highest BCUT2D eigenvalue weighted by Gasteiger charge is 2.37. The van der Waals surface area contributed by atoms with Gasteiger partial charge in [-0.2, -0.15) is 10.2 Å².